The minimum absolute atomic E-state index is 0.0708. The summed E-state index contributed by atoms with van der Waals surface area (Å²) in [5, 5.41) is 21.0. The molecule has 3 heterocycles. The number of benzene rings is 1. The average Bonchev–Trinajstić information content (AvgIpc) is 3.15. The predicted octanol–water partition coefficient (Wildman–Crippen LogP) is 2.75. The first-order chi connectivity index (χ1) is 12.2. The third kappa shape index (κ3) is 2.64. The van der Waals surface area contributed by atoms with Gasteiger partial charge in [0.2, 0.25) is 0 Å². The van der Waals surface area contributed by atoms with Gasteiger partial charge in [0.15, 0.2) is 5.65 Å². The lowest BCUT2D eigenvalue weighted by Crippen LogP contribution is -2.08. The van der Waals surface area contributed by atoms with Crippen LogP contribution in [-0.4, -0.2) is 37.4 Å². The fraction of sp³-hybridized carbons (Fsp3) is 0.263. The van der Waals surface area contributed by atoms with Crippen LogP contribution >= 0.6 is 0 Å². The first-order valence-electron chi connectivity index (χ1n) is 8.42. The van der Waals surface area contributed by atoms with Gasteiger partial charge in [-0.1, -0.05) is 30.3 Å². The molecule has 4 rings (SSSR count). The number of hydrogen-bond acceptors (Lipinski definition) is 4. The van der Waals surface area contributed by atoms with E-state index in [1.54, 1.807) is 0 Å². The predicted molar refractivity (Wildman–Crippen MR) is 99.1 cm³/mol. The maximum atomic E-state index is 9.16. The molecule has 6 heteroatoms. The van der Waals surface area contributed by atoms with E-state index in [0.717, 1.165) is 34.7 Å². The molecule has 0 bridgehead atoms. The summed E-state index contributed by atoms with van der Waals surface area (Å²) in [4.78, 5) is 0. The number of hydrogen-bond donors (Lipinski definition) is 2. The largest absolute Gasteiger partial charge is 0.395 e. The Bertz CT molecular complexity index is 1030. The van der Waals surface area contributed by atoms with Crippen LogP contribution in [0.15, 0.2) is 42.5 Å². The van der Waals surface area contributed by atoms with Gasteiger partial charge in [0, 0.05) is 18.8 Å². The van der Waals surface area contributed by atoms with Crippen LogP contribution in [0.5, 0.6) is 0 Å². The zero-order chi connectivity index (χ0) is 17.4. The average molecular weight is 335 g/mol. The Kier molecular flexibility index (Phi) is 3.89. The molecule has 2 N–H and O–H groups in total. The maximum Gasteiger partial charge on any atom is 0.184 e. The molecule has 0 aliphatic heterocycles. The van der Waals surface area contributed by atoms with Crippen molar-refractivity contribution in [2.75, 3.05) is 18.5 Å². The van der Waals surface area contributed by atoms with Crippen molar-refractivity contribution in [3.05, 3.63) is 59.5 Å². The monoisotopic (exact) mass is 335 g/mol. The van der Waals surface area contributed by atoms with Gasteiger partial charge in [-0.2, -0.15) is 0 Å². The van der Waals surface area contributed by atoms with Gasteiger partial charge in [-0.3, -0.25) is 4.40 Å². The number of rotatable bonds is 5. The van der Waals surface area contributed by atoms with Crippen molar-refractivity contribution in [3.63, 3.8) is 0 Å². The standard InChI is InChI=1S/C19H21N5O/c1-13-10-18-17(23(13)12-15-6-4-3-5-7-15)11-16(20-8-9-25)19-22-21-14(2)24(18)19/h3-7,10-11,20,25H,8-9,12H2,1-2H3. The van der Waals surface area contributed by atoms with Crippen LogP contribution in [0.25, 0.3) is 16.7 Å². The van der Waals surface area contributed by atoms with Crippen molar-refractivity contribution < 1.29 is 5.11 Å². The van der Waals surface area contributed by atoms with E-state index in [2.05, 4.69) is 67.8 Å². The molecule has 0 spiro atoms. The lowest BCUT2D eigenvalue weighted by atomic mass is 10.2. The zero-order valence-corrected chi connectivity index (χ0v) is 14.4. The van der Waals surface area contributed by atoms with Gasteiger partial charge >= 0.3 is 0 Å². The molecule has 0 fully saturated rings. The van der Waals surface area contributed by atoms with Crippen LogP contribution in [0.1, 0.15) is 17.1 Å². The van der Waals surface area contributed by atoms with E-state index in [-0.39, 0.29) is 6.61 Å². The van der Waals surface area contributed by atoms with Gasteiger partial charge in [-0.05, 0) is 31.5 Å². The Labute approximate surface area is 145 Å². The van der Waals surface area contributed by atoms with Gasteiger partial charge < -0.3 is 15.0 Å². The van der Waals surface area contributed by atoms with Gasteiger partial charge in [0.05, 0.1) is 23.3 Å². The molecular weight excluding hydrogens is 314 g/mol. The number of anilines is 1. The third-order valence-electron chi connectivity index (χ3n) is 4.52. The Balaban J connectivity index is 1.93. The summed E-state index contributed by atoms with van der Waals surface area (Å²) in [5.74, 6) is 0.851. The molecule has 1 aromatic carbocycles. The maximum absolute atomic E-state index is 9.16. The van der Waals surface area contributed by atoms with Crippen molar-refractivity contribution in [3.8, 4) is 0 Å². The summed E-state index contributed by atoms with van der Waals surface area (Å²) in [6.45, 7) is 5.43. The highest BCUT2D eigenvalue weighted by molar-refractivity contribution is 5.88. The summed E-state index contributed by atoms with van der Waals surface area (Å²) in [5.41, 5.74) is 6.34. The Morgan fingerprint density at radius 2 is 1.84 bits per heavy atom. The fourth-order valence-electron chi connectivity index (χ4n) is 3.33. The molecule has 4 aromatic rings. The molecule has 6 nitrogen and oxygen atoms in total. The number of aliphatic hydroxyl groups excluding tert-OH is 1. The highest BCUT2D eigenvalue weighted by atomic mass is 16.3. The molecule has 0 unspecified atom stereocenters. The molecule has 0 radical (unpaired) electrons. The first kappa shape index (κ1) is 15.7. The molecule has 128 valence electrons. The SMILES string of the molecule is Cc1cc2c(cc(NCCO)c3nnc(C)n32)n1Cc1ccccc1. The quantitative estimate of drug-likeness (QED) is 0.588. The van der Waals surface area contributed by atoms with E-state index in [1.165, 1.54) is 11.3 Å². The third-order valence-corrected chi connectivity index (χ3v) is 4.52. The molecule has 25 heavy (non-hydrogen) atoms. The molecule has 0 atom stereocenters. The van der Waals surface area contributed by atoms with Crippen molar-refractivity contribution >= 4 is 22.4 Å². The molecule has 0 saturated carbocycles. The van der Waals surface area contributed by atoms with E-state index >= 15 is 0 Å². The van der Waals surface area contributed by atoms with Crippen LogP contribution < -0.4 is 5.32 Å². The molecular formula is C19H21N5O. The molecule has 0 saturated heterocycles. The molecule has 3 aromatic heterocycles. The van der Waals surface area contributed by atoms with Crippen LogP contribution in [0, 0.1) is 13.8 Å². The lowest BCUT2D eigenvalue weighted by Gasteiger charge is -2.12. The van der Waals surface area contributed by atoms with Gasteiger partial charge in [0.25, 0.3) is 0 Å². The minimum atomic E-state index is 0.0708. The normalized spacial score (nSPS) is 11.5. The summed E-state index contributed by atoms with van der Waals surface area (Å²) < 4.78 is 4.37. The second kappa shape index (κ2) is 6.22. The van der Waals surface area contributed by atoms with E-state index in [1.807, 2.05) is 13.0 Å². The Morgan fingerprint density at radius 3 is 2.60 bits per heavy atom. The van der Waals surface area contributed by atoms with E-state index in [4.69, 9.17) is 5.11 Å². The highest BCUT2D eigenvalue weighted by Gasteiger charge is 2.16. The van der Waals surface area contributed by atoms with Crippen molar-refractivity contribution in [2.24, 2.45) is 0 Å². The van der Waals surface area contributed by atoms with Gasteiger partial charge in [-0.15, -0.1) is 10.2 Å². The van der Waals surface area contributed by atoms with Crippen molar-refractivity contribution in [1.82, 2.24) is 19.2 Å². The zero-order valence-electron chi connectivity index (χ0n) is 14.4. The topological polar surface area (TPSA) is 67.4 Å². The van der Waals surface area contributed by atoms with Crippen LogP contribution in [0.3, 0.4) is 0 Å². The summed E-state index contributed by atoms with van der Waals surface area (Å²) in [6.07, 6.45) is 0. The number of pyridine rings is 1. The molecule has 0 amide bonds. The van der Waals surface area contributed by atoms with E-state index in [9.17, 15) is 0 Å². The molecule has 0 aliphatic rings. The van der Waals surface area contributed by atoms with Gasteiger partial charge in [-0.25, -0.2) is 0 Å². The van der Waals surface area contributed by atoms with Crippen molar-refractivity contribution in [1.29, 1.82) is 0 Å². The van der Waals surface area contributed by atoms with Crippen LogP contribution in [-0.2, 0) is 6.54 Å². The first-order valence-corrected chi connectivity index (χ1v) is 8.42. The smallest absolute Gasteiger partial charge is 0.184 e. The number of aliphatic hydroxyl groups is 1. The minimum Gasteiger partial charge on any atom is -0.395 e. The second-order valence-electron chi connectivity index (χ2n) is 6.24. The Morgan fingerprint density at radius 1 is 1.04 bits per heavy atom. The van der Waals surface area contributed by atoms with Crippen molar-refractivity contribution in [2.45, 2.75) is 20.4 Å². The number of aryl methyl sites for hydroxylation is 2. The van der Waals surface area contributed by atoms with E-state index in [0.29, 0.717) is 6.54 Å². The number of aromatic nitrogens is 4. The van der Waals surface area contributed by atoms with Crippen LogP contribution in [0.2, 0.25) is 0 Å². The molecule has 0 aliphatic carbocycles. The number of fused-ring (bicyclic) bond motifs is 3. The summed E-state index contributed by atoms with van der Waals surface area (Å²) in [6, 6.07) is 14.7. The van der Waals surface area contributed by atoms with Gasteiger partial charge in [0.1, 0.15) is 5.82 Å². The fourth-order valence-corrected chi connectivity index (χ4v) is 3.33. The second-order valence-corrected chi connectivity index (χ2v) is 6.24. The summed E-state index contributed by atoms with van der Waals surface area (Å²) >= 11 is 0. The number of nitrogens with one attached hydrogen (secondary N) is 1. The van der Waals surface area contributed by atoms with Crippen LogP contribution in [0.4, 0.5) is 5.69 Å². The number of nitrogens with zero attached hydrogens (tertiary/aromatic N) is 4. The van der Waals surface area contributed by atoms with E-state index < -0.39 is 0 Å². The Hall–Kier alpha value is -2.86. The lowest BCUT2D eigenvalue weighted by molar-refractivity contribution is 0.311. The highest BCUT2D eigenvalue weighted by Crippen LogP contribution is 2.28. The summed E-state index contributed by atoms with van der Waals surface area (Å²) in [7, 11) is 0.